The Balaban J connectivity index is 1.72. The van der Waals surface area contributed by atoms with Crippen LogP contribution in [-0.2, 0) is 0 Å². The molecule has 0 fully saturated rings. The van der Waals surface area contributed by atoms with Gasteiger partial charge in [-0.15, -0.1) is 0 Å². The van der Waals surface area contributed by atoms with Gasteiger partial charge in [0.2, 0.25) is 5.95 Å². The Labute approximate surface area is 152 Å². The van der Waals surface area contributed by atoms with Crippen LogP contribution in [-0.4, -0.2) is 20.5 Å². The van der Waals surface area contributed by atoms with Gasteiger partial charge in [0.25, 0.3) is 0 Å². The summed E-state index contributed by atoms with van der Waals surface area (Å²) < 4.78 is 1.91. The molecule has 1 aliphatic rings. The maximum absolute atomic E-state index is 6.01. The van der Waals surface area contributed by atoms with E-state index in [1.54, 1.807) is 6.33 Å². The molecular weight excluding hydrogens is 332 g/mol. The molecule has 1 aromatic heterocycles. The van der Waals surface area contributed by atoms with E-state index in [4.69, 9.17) is 11.6 Å². The summed E-state index contributed by atoms with van der Waals surface area (Å²) in [6.07, 6.45) is 2.35. The third-order valence-corrected chi connectivity index (χ3v) is 4.89. The van der Waals surface area contributed by atoms with E-state index in [-0.39, 0.29) is 6.04 Å². The van der Waals surface area contributed by atoms with E-state index in [2.05, 4.69) is 53.2 Å². The molecule has 0 saturated heterocycles. The highest BCUT2D eigenvalue weighted by atomic mass is 35.5. The van der Waals surface area contributed by atoms with Crippen molar-refractivity contribution >= 4 is 23.3 Å². The van der Waals surface area contributed by atoms with Crippen LogP contribution in [0.25, 0.3) is 0 Å². The molecule has 126 valence electrons. The molecule has 25 heavy (non-hydrogen) atoms. The van der Waals surface area contributed by atoms with E-state index in [1.165, 1.54) is 11.1 Å². The van der Waals surface area contributed by atoms with Crippen LogP contribution in [0, 0.1) is 0 Å². The molecule has 5 heteroatoms. The molecular formula is C20H19ClN4. The molecule has 3 aromatic rings. The number of aliphatic imine (C=N–C) groups is 1. The van der Waals surface area contributed by atoms with Crippen LogP contribution >= 0.6 is 11.6 Å². The Bertz CT molecular complexity index is 908. The summed E-state index contributed by atoms with van der Waals surface area (Å²) in [5.41, 5.74) is 4.64. The largest absolute Gasteiger partial charge is 0.248 e. The Morgan fingerprint density at radius 2 is 1.76 bits per heavy atom. The van der Waals surface area contributed by atoms with Crippen LogP contribution in [0.4, 0.5) is 5.95 Å². The minimum Gasteiger partial charge on any atom is -0.222 e. The zero-order valence-corrected chi connectivity index (χ0v) is 15.0. The van der Waals surface area contributed by atoms with Gasteiger partial charge in [0.05, 0.1) is 11.8 Å². The zero-order valence-electron chi connectivity index (χ0n) is 14.2. The highest BCUT2D eigenvalue weighted by Crippen LogP contribution is 2.32. The average Bonchev–Trinajstić information content (AvgIpc) is 3.10. The van der Waals surface area contributed by atoms with E-state index in [0.717, 1.165) is 22.7 Å². The van der Waals surface area contributed by atoms with Crippen LogP contribution in [0.3, 0.4) is 0 Å². The highest BCUT2D eigenvalue weighted by Gasteiger charge is 2.26. The molecule has 1 aliphatic heterocycles. The lowest BCUT2D eigenvalue weighted by Crippen LogP contribution is -2.21. The van der Waals surface area contributed by atoms with Crippen LogP contribution in [0.15, 0.2) is 59.9 Å². The molecule has 0 aliphatic carbocycles. The summed E-state index contributed by atoms with van der Waals surface area (Å²) in [6.45, 7) is 4.41. The number of aromatic nitrogens is 3. The van der Waals surface area contributed by atoms with E-state index >= 15 is 0 Å². The smallest absolute Gasteiger partial charge is 0.222 e. The number of nitrogens with zero attached hydrogens (tertiary/aromatic N) is 4. The predicted molar refractivity (Wildman–Crippen MR) is 101 cm³/mol. The number of rotatable bonds is 3. The first kappa shape index (κ1) is 16.0. The van der Waals surface area contributed by atoms with Crippen LogP contribution in [0.5, 0.6) is 0 Å². The van der Waals surface area contributed by atoms with Gasteiger partial charge in [-0.2, -0.15) is 10.1 Å². The lowest BCUT2D eigenvalue weighted by Gasteiger charge is -2.24. The molecule has 0 radical (unpaired) electrons. The fraction of sp³-hybridized carbons (Fsp3) is 0.250. The van der Waals surface area contributed by atoms with Crippen molar-refractivity contribution in [1.29, 1.82) is 0 Å². The van der Waals surface area contributed by atoms with Crippen molar-refractivity contribution in [1.82, 2.24) is 14.8 Å². The number of hydrogen-bond donors (Lipinski definition) is 0. The van der Waals surface area contributed by atoms with Gasteiger partial charge in [0.1, 0.15) is 6.33 Å². The van der Waals surface area contributed by atoms with Crippen LogP contribution in [0.1, 0.15) is 48.9 Å². The summed E-state index contributed by atoms with van der Waals surface area (Å²) in [7, 11) is 0. The summed E-state index contributed by atoms with van der Waals surface area (Å²) in [5.74, 6) is 1.17. The quantitative estimate of drug-likeness (QED) is 0.654. The van der Waals surface area contributed by atoms with Crippen molar-refractivity contribution in [3.05, 3.63) is 76.6 Å². The molecule has 2 aromatic carbocycles. The number of hydrogen-bond acceptors (Lipinski definition) is 3. The standard InChI is InChI=1S/C20H19ClN4/c1-13(2)14-3-5-16(6-4-14)19-11-18(15-7-9-17(21)10-8-15)24-20-22-12-23-25(19)20/h3-10,12-13,19H,11H2,1-2H3. The Morgan fingerprint density at radius 3 is 2.44 bits per heavy atom. The van der Waals surface area contributed by atoms with Gasteiger partial charge < -0.3 is 0 Å². The van der Waals surface area contributed by atoms with Crippen molar-refractivity contribution in [3.8, 4) is 0 Å². The van der Waals surface area contributed by atoms with Gasteiger partial charge in [0.15, 0.2) is 0 Å². The molecule has 0 spiro atoms. The first-order valence-corrected chi connectivity index (χ1v) is 8.82. The predicted octanol–water partition coefficient (Wildman–Crippen LogP) is 5.17. The van der Waals surface area contributed by atoms with Gasteiger partial charge in [-0.3, -0.25) is 0 Å². The maximum Gasteiger partial charge on any atom is 0.248 e. The van der Waals surface area contributed by atoms with Crippen LogP contribution in [0.2, 0.25) is 5.02 Å². The van der Waals surface area contributed by atoms with Crippen molar-refractivity contribution in [2.24, 2.45) is 4.99 Å². The SMILES string of the molecule is CC(C)c1ccc(C2CC(c3ccc(Cl)cc3)=Nc3ncnn32)cc1. The van der Waals surface area contributed by atoms with E-state index in [1.807, 2.05) is 28.9 Å². The van der Waals surface area contributed by atoms with Crippen molar-refractivity contribution < 1.29 is 0 Å². The molecule has 4 nitrogen and oxygen atoms in total. The molecule has 2 heterocycles. The highest BCUT2D eigenvalue weighted by molar-refractivity contribution is 6.30. The number of fused-ring (bicyclic) bond motifs is 1. The molecule has 1 unspecified atom stereocenters. The molecule has 0 amide bonds. The van der Waals surface area contributed by atoms with Crippen molar-refractivity contribution in [2.75, 3.05) is 0 Å². The molecule has 1 atom stereocenters. The second kappa shape index (κ2) is 6.45. The molecule has 4 rings (SSSR count). The van der Waals surface area contributed by atoms with E-state index in [0.29, 0.717) is 11.9 Å². The van der Waals surface area contributed by atoms with Gasteiger partial charge in [-0.25, -0.2) is 9.67 Å². The number of benzene rings is 2. The Morgan fingerprint density at radius 1 is 1.04 bits per heavy atom. The summed E-state index contributed by atoms with van der Waals surface area (Å²) >= 11 is 6.01. The lowest BCUT2D eigenvalue weighted by molar-refractivity contribution is 0.531. The topological polar surface area (TPSA) is 43.1 Å². The van der Waals surface area contributed by atoms with Crippen molar-refractivity contribution in [2.45, 2.75) is 32.2 Å². The minimum absolute atomic E-state index is 0.0990. The van der Waals surface area contributed by atoms with Gasteiger partial charge in [-0.05, 0) is 34.7 Å². The molecule has 0 saturated carbocycles. The normalized spacial score (nSPS) is 16.6. The molecule has 0 bridgehead atoms. The lowest BCUT2D eigenvalue weighted by atomic mass is 9.94. The second-order valence-corrected chi connectivity index (χ2v) is 7.05. The summed E-state index contributed by atoms with van der Waals surface area (Å²) in [5, 5.41) is 5.12. The molecule has 0 N–H and O–H groups in total. The average molecular weight is 351 g/mol. The Hall–Kier alpha value is -2.46. The third-order valence-electron chi connectivity index (χ3n) is 4.64. The maximum atomic E-state index is 6.01. The van der Waals surface area contributed by atoms with Crippen LogP contribution < -0.4 is 0 Å². The second-order valence-electron chi connectivity index (χ2n) is 6.61. The van der Waals surface area contributed by atoms with Gasteiger partial charge in [-0.1, -0.05) is 61.8 Å². The summed E-state index contributed by atoms with van der Waals surface area (Å²) in [6, 6.07) is 16.7. The van der Waals surface area contributed by atoms with E-state index < -0.39 is 0 Å². The first-order chi connectivity index (χ1) is 12.1. The van der Waals surface area contributed by atoms with Crippen molar-refractivity contribution in [3.63, 3.8) is 0 Å². The number of halogens is 1. The fourth-order valence-electron chi connectivity index (χ4n) is 3.17. The zero-order chi connectivity index (χ0) is 17.4. The fourth-order valence-corrected chi connectivity index (χ4v) is 3.29. The Kier molecular flexibility index (Phi) is 4.14. The first-order valence-electron chi connectivity index (χ1n) is 8.44. The van der Waals surface area contributed by atoms with Gasteiger partial charge >= 0.3 is 0 Å². The minimum atomic E-state index is 0.0990. The van der Waals surface area contributed by atoms with E-state index in [9.17, 15) is 0 Å². The summed E-state index contributed by atoms with van der Waals surface area (Å²) in [4.78, 5) is 9.00. The third kappa shape index (κ3) is 3.10. The monoisotopic (exact) mass is 350 g/mol. The van der Waals surface area contributed by atoms with Gasteiger partial charge in [0, 0.05) is 11.4 Å².